The predicted octanol–water partition coefficient (Wildman–Crippen LogP) is 5.38. The Balaban J connectivity index is 1.67. The van der Waals surface area contributed by atoms with Gasteiger partial charge in [0.1, 0.15) is 29.9 Å². The number of carbonyl (C=O) groups excluding carboxylic acids is 1. The van der Waals surface area contributed by atoms with Crippen molar-refractivity contribution < 1.29 is 19.0 Å². The fourth-order valence-corrected chi connectivity index (χ4v) is 3.03. The summed E-state index contributed by atoms with van der Waals surface area (Å²) < 4.78 is 16.9. The molecule has 29 heavy (non-hydrogen) atoms. The molecule has 0 aliphatic carbocycles. The summed E-state index contributed by atoms with van der Waals surface area (Å²) in [6.45, 7) is 4.54. The first-order valence-electron chi connectivity index (χ1n) is 9.29. The number of aromatic nitrogens is 1. The zero-order valence-electron chi connectivity index (χ0n) is 16.4. The molecule has 3 aromatic rings. The highest BCUT2D eigenvalue weighted by atomic mass is 35.5. The van der Waals surface area contributed by atoms with E-state index >= 15 is 0 Å². The molecular weight excluding hydrogens is 390 g/mol. The van der Waals surface area contributed by atoms with Crippen molar-refractivity contribution in [3.8, 4) is 11.5 Å². The second kappa shape index (κ2) is 9.94. The van der Waals surface area contributed by atoms with E-state index in [0.29, 0.717) is 35.4 Å². The van der Waals surface area contributed by atoms with Gasteiger partial charge in [0, 0.05) is 11.6 Å². The van der Waals surface area contributed by atoms with E-state index in [1.807, 2.05) is 55.5 Å². The molecule has 0 aliphatic heterocycles. The van der Waals surface area contributed by atoms with Crippen molar-refractivity contribution in [1.29, 1.82) is 0 Å². The minimum atomic E-state index is -0.338. The number of pyridine rings is 1. The van der Waals surface area contributed by atoms with Gasteiger partial charge < -0.3 is 14.2 Å². The molecule has 150 valence electrons. The van der Waals surface area contributed by atoms with Crippen molar-refractivity contribution >= 4 is 17.6 Å². The maximum Gasteiger partial charge on any atom is 0.338 e. The smallest absolute Gasteiger partial charge is 0.338 e. The molecule has 0 amide bonds. The largest absolute Gasteiger partial charge is 0.489 e. The summed E-state index contributed by atoms with van der Waals surface area (Å²) in [5.41, 5.74) is 2.92. The van der Waals surface area contributed by atoms with Gasteiger partial charge >= 0.3 is 5.97 Å². The first-order valence-corrected chi connectivity index (χ1v) is 9.67. The average molecular weight is 412 g/mol. The summed E-state index contributed by atoms with van der Waals surface area (Å²) in [7, 11) is 0. The Bertz CT molecular complexity index is 990. The SMILES string of the molecule is CCOC(=O)c1c(C)cccc1COc1cccc(OCc2cccc(Cl)n2)c1. The van der Waals surface area contributed by atoms with Crippen molar-refractivity contribution in [1.82, 2.24) is 4.98 Å². The van der Waals surface area contributed by atoms with Crippen LogP contribution < -0.4 is 9.47 Å². The van der Waals surface area contributed by atoms with Crippen LogP contribution in [0.2, 0.25) is 5.15 Å². The normalized spacial score (nSPS) is 10.4. The average Bonchev–Trinajstić information content (AvgIpc) is 2.71. The van der Waals surface area contributed by atoms with Crippen molar-refractivity contribution in [2.45, 2.75) is 27.1 Å². The Morgan fingerprint density at radius 3 is 2.38 bits per heavy atom. The Morgan fingerprint density at radius 2 is 1.66 bits per heavy atom. The molecule has 0 spiro atoms. The number of hydrogen-bond donors (Lipinski definition) is 0. The zero-order chi connectivity index (χ0) is 20.6. The molecule has 0 saturated carbocycles. The van der Waals surface area contributed by atoms with Crippen LogP contribution in [0.5, 0.6) is 11.5 Å². The second-order valence-electron chi connectivity index (χ2n) is 6.33. The summed E-state index contributed by atoms with van der Waals surface area (Å²) in [5, 5.41) is 0.429. The van der Waals surface area contributed by atoms with Gasteiger partial charge in [0.15, 0.2) is 0 Å². The van der Waals surface area contributed by atoms with Gasteiger partial charge in [-0.2, -0.15) is 0 Å². The van der Waals surface area contributed by atoms with Gasteiger partial charge in [0.05, 0.1) is 17.9 Å². The zero-order valence-corrected chi connectivity index (χ0v) is 17.1. The molecule has 0 fully saturated rings. The summed E-state index contributed by atoms with van der Waals surface area (Å²) in [5.74, 6) is 0.951. The molecule has 0 aliphatic rings. The van der Waals surface area contributed by atoms with E-state index in [0.717, 1.165) is 16.8 Å². The van der Waals surface area contributed by atoms with E-state index in [2.05, 4.69) is 4.98 Å². The lowest BCUT2D eigenvalue weighted by Crippen LogP contribution is -2.12. The standard InChI is InChI=1S/C23H22ClNO4/c1-3-27-23(26)22-16(2)7-4-8-17(22)14-28-19-10-6-11-20(13-19)29-15-18-9-5-12-21(24)25-18/h4-13H,3,14-15H2,1-2H3. The van der Waals surface area contributed by atoms with E-state index < -0.39 is 0 Å². The van der Waals surface area contributed by atoms with E-state index in [-0.39, 0.29) is 12.6 Å². The van der Waals surface area contributed by atoms with Crippen LogP contribution in [0.3, 0.4) is 0 Å². The molecule has 6 heteroatoms. The van der Waals surface area contributed by atoms with E-state index in [4.69, 9.17) is 25.8 Å². The fourth-order valence-electron chi connectivity index (χ4n) is 2.85. The monoisotopic (exact) mass is 411 g/mol. The molecule has 0 saturated heterocycles. The Morgan fingerprint density at radius 1 is 0.966 bits per heavy atom. The lowest BCUT2D eigenvalue weighted by atomic mass is 10.0. The number of rotatable bonds is 8. The third kappa shape index (κ3) is 5.72. The molecule has 5 nitrogen and oxygen atoms in total. The van der Waals surface area contributed by atoms with Crippen LogP contribution in [0.1, 0.15) is 34.1 Å². The van der Waals surface area contributed by atoms with Gasteiger partial charge in [-0.1, -0.05) is 41.9 Å². The number of esters is 1. The van der Waals surface area contributed by atoms with Gasteiger partial charge in [-0.25, -0.2) is 9.78 Å². The molecule has 0 unspecified atom stereocenters. The first-order chi connectivity index (χ1) is 14.1. The quantitative estimate of drug-likeness (QED) is 0.368. The predicted molar refractivity (Wildman–Crippen MR) is 111 cm³/mol. The van der Waals surface area contributed by atoms with E-state index in [9.17, 15) is 4.79 Å². The van der Waals surface area contributed by atoms with Gasteiger partial charge in [-0.15, -0.1) is 0 Å². The number of halogens is 1. The fraction of sp³-hybridized carbons (Fsp3) is 0.217. The molecule has 1 aromatic heterocycles. The molecule has 2 aromatic carbocycles. The highest BCUT2D eigenvalue weighted by Gasteiger charge is 2.15. The lowest BCUT2D eigenvalue weighted by Gasteiger charge is -2.13. The minimum Gasteiger partial charge on any atom is -0.489 e. The molecule has 0 bridgehead atoms. The van der Waals surface area contributed by atoms with E-state index in [1.165, 1.54) is 0 Å². The summed E-state index contributed by atoms with van der Waals surface area (Å²) in [4.78, 5) is 16.5. The van der Waals surface area contributed by atoms with E-state index in [1.54, 1.807) is 19.1 Å². The first kappa shape index (κ1) is 20.7. The van der Waals surface area contributed by atoms with Crippen molar-refractivity contribution in [3.05, 3.63) is 88.2 Å². The Hall–Kier alpha value is -3.05. The Labute approximate surface area is 175 Å². The maximum atomic E-state index is 12.3. The molecule has 0 N–H and O–H groups in total. The van der Waals surface area contributed by atoms with Crippen LogP contribution in [0.4, 0.5) is 0 Å². The van der Waals surface area contributed by atoms with Crippen LogP contribution >= 0.6 is 11.6 Å². The Kier molecular flexibility index (Phi) is 7.09. The molecular formula is C23H22ClNO4. The van der Waals surface area contributed by atoms with Gasteiger partial charge in [-0.05, 0) is 43.7 Å². The highest BCUT2D eigenvalue weighted by molar-refractivity contribution is 6.29. The number of carbonyl (C=O) groups is 1. The maximum absolute atomic E-state index is 12.3. The van der Waals surface area contributed by atoms with Gasteiger partial charge in [-0.3, -0.25) is 0 Å². The minimum absolute atomic E-state index is 0.245. The topological polar surface area (TPSA) is 57.7 Å². The number of aryl methyl sites for hydroxylation is 1. The molecule has 0 radical (unpaired) electrons. The summed E-state index contributed by atoms with van der Waals surface area (Å²) in [6, 6.07) is 18.4. The van der Waals surface area contributed by atoms with Crippen molar-refractivity contribution in [2.24, 2.45) is 0 Å². The number of hydrogen-bond acceptors (Lipinski definition) is 5. The summed E-state index contributed by atoms with van der Waals surface area (Å²) >= 11 is 5.90. The molecule has 3 rings (SSSR count). The van der Waals surface area contributed by atoms with Crippen molar-refractivity contribution in [3.63, 3.8) is 0 Å². The molecule has 0 atom stereocenters. The van der Waals surface area contributed by atoms with Gasteiger partial charge in [0.25, 0.3) is 0 Å². The van der Waals surface area contributed by atoms with Crippen LogP contribution in [-0.4, -0.2) is 17.6 Å². The number of benzene rings is 2. The number of ether oxygens (including phenoxy) is 3. The van der Waals surface area contributed by atoms with Crippen LogP contribution in [0, 0.1) is 6.92 Å². The summed E-state index contributed by atoms with van der Waals surface area (Å²) in [6.07, 6.45) is 0. The highest BCUT2D eigenvalue weighted by Crippen LogP contribution is 2.23. The van der Waals surface area contributed by atoms with Crippen molar-refractivity contribution in [2.75, 3.05) is 6.61 Å². The van der Waals surface area contributed by atoms with Crippen LogP contribution in [0.15, 0.2) is 60.7 Å². The molecule has 1 heterocycles. The number of nitrogens with zero attached hydrogens (tertiary/aromatic N) is 1. The third-order valence-electron chi connectivity index (χ3n) is 4.20. The van der Waals surface area contributed by atoms with Crippen LogP contribution in [-0.2, 0) is 18.0 Å². The lowest BCUT2D eigenvalue weighted by molar-refractivity contribution is 0.0522. The second-order valence-corrected chi connectivity index (χ2v) is 6.72. The van der Waals surface area contributed by atoms with Gasteiger partial charge in [0.2, 0.25) is 0 Å². The third-order valence-corrected chi connectivity index (χ3v) is 4.41. The van der Waals surface area contributed by atoms with Crippen LogP contribution in [0.25, 0.3) is 0 Å².